The first-order valence-electron chi connectivity index (χ1n) is 8.99. The van der Waals surface area contributed by atoms with E-state index in [1.807, 2.05) is 30.3 Å². The molecule has 1 heterocycles. The minimum atomic E-state index is -0.586. The number of amides is 1. The molecule has 1 amide bonds. The molecule has 0 aromatic heterocycles. The van der Waals surface area contributed by atoms with Gasteiger partial charge in [0.05, 0.1) is 13.2 Å². The van der Waals surface area contributed by atoms with Crippen molar-refractivity contribution in [3.63, 3.8) is 0 Å². The first-order chi connectivity index (χ1) is 12.8. The molecule has 5 heteroatoms. The number of nitrogens with zero attached hydrogens (tertiary/aromatic N) is 1. The monoisotopic (exact) mass is 354 g/mol. The Morgan fingerprint density at radius 1 is 1.08 bits per heavy atom. The van der Waals surface area contributed by atoms with Crippen LogP contribution in [0.5, 0.6) is 0 Å². The summed E-state index contributed by atoms with van der Waals surface area (Å²) >= 11 is 0. The van der Waals surface area contributed by atoms with Crippen LogP contribution in [-0.4, -0.2) is 44.2 Å². The van der Waals surface area contributed by atoms with Crippen LogP contribution in [0, 0.1) is 0 Å². The molecule has 0 aliphatic carbocycles. The van der Waals surface area contributed by atoms with Crippen molar-refractivity contribution < 1.29 is 14.3 Å². The number of nitrogens with one attached hydrogen (secondary N) is 1. The molecule has 1 aliphatic rings. The average Bonchev–Trinajstić information content (AvgIpc) is 2.70. The number of ether oxygens (including phenoxy) is 2. The summed E-state index contributed by atoms with van der Waals surface area (Å²) in [5, 5.41) is 2.96. The summed E-state index contributed by atoms with van der Waals surface area (Å²) in [4.78, 5) is 14.8. The normalized spacial score (nSPS) is 16.2. The number of rotatable bonds is 7. The van der Waals surface area contributed by atoms with Crippen molar-refractivity contribution in [1.29, 1.82) is 0 Å². The molecule has 1 atom stereocenters. The van der Waals surface area contributed by atoms with Crippen LogP contribution in [0.15, 0.2) is 54.6 Å². The van der Waals surface area contributed by atoms with Crippen LogP contribution >= 0.6 is 0 Å². The maximum Gasteiger partial charge on any atom is 0.254 e. The molecule has 5 nitrogen and oxygen atoms in total. The van der Waals surface area contributed by atoms with Gasteiger partial charge in [0.1, 0.15) is 0 Å². The molecule has 0 saturated carbocycles. The number of morpholine rings is 1. The van der Waals surface area contributed by atoms with E-state index in [9.17, 15) is 4.79 Å². The molecule has 1 aliphatic heterocycles. The first-order valence-corrected chi connectivity index (χ1v) is 8.99. The van der Waals surface area contributed by atoms with Crippen molar-refractivity contribution in [1.82, 2.24) is 10.2 Å². The lowest BCUT2D eigenvalue weighted by Gasteiger charge is -2.26. The zero-order valence-corrected chi connectivity index (χ0v) is 15.2. The Labute approximate surface area is 154 Å². The second-order valence-electron chi connectivity index (χ2n) is 6.45. The van der Waals surface area contributed by atoms with E-state index >= 15 is 0 Å². The van der Waals surface area contributed by atoms with Crippen LogP contribution in [0.4, 0.5) is 0 Å². The SMILES string of the molecule is COC(C(=O)NCc1ccc(CN2CCOCC2)cc1)c1ccccc1. The highest BCUT2D eigenvalue weighted by Crippen LogP contribution is 2.16. The van der Waals surface area contributed by atoms with Crippen molar-refractivity contribution in [3.05, 3.63) is 71.3 Å². The summed E-state index contributed by atoms with van der Waals surface area (Å²) in [6.07, 6.45) is -0.586. The van der Waals surface area contributed by atoms with Crippen LogP contribution < -0.4 is 5.32 Å². The Balaban J connectivity index is 1.51. The summed E-state index contributed by atoms with van der Waals surface area (Å²) in [5.41, 5.74) is 3.21. The van der Waals surface area contributed by atoms with Crippen LogP contribution in [-0.2, 0) is 27.4 Å². The summed E-state index contributed by atoms with van der Waals surface area (Å²) < 4.78 is 10.7. The number of hydrogen-bond acceptors (Lipinski definition) is 4. The molecular formula is C21H26N2O3. The molecule has 0 radical (unpaired) electrons. The predicted molar refractivity (Wildman–Crippen MR) is 101 cm³/mol. The number of hydrogen-bond donors (Lipinski definition) is 1. The third kappa shape index (κ3) is 5.14. The van der Waals surface area contributed by atoms with E-state index in [4.69, 9.17) is 9.47 Å². The van der Waals surface area contributed by atoms with Crippen LogP contribution in [0.1, 0.15) is 22.8 Å². The van der Waals surface area contributed by atoms with Crippen LogP contribution in [0.3, 0.4) is 0 Å². The Morgan fingerprint density at radius 2 is 1.73 bits per heavy atom. The summed E-state index contributed by atoms with van der Waals surface area (Å²) in [6.45, 7) is 5.02. The summed E-state index contributed by atoms with van der Waals surface area (Å²) in [6, 6.07) is 17.9. The molecule has 3 rings (SSSR count). The summed E-state index contributed by atoms with van der Waals surface area (Å²) in [7, 11) is 1.55. The van der Waals surface area contributed by atoms with Gasteiger partial charge in [-0.25, -0.2) is 0 Å². The van der Waals surface area contributed by atoms with Crippen molar-refractivity contribution in [2.75, 3.05) is 33.4 Å². The first kappa shape index (κ1) is 18.6. The second kappa shape index (κ2) is 9.48. The average molecular weight is 354 g/mol. The lowest BCUT2D eigenvalue weighted by molar-refractivity contribution is -0.131. The largest absolute Gasteiger partial charge is 0.379 e. The highest BCUT2D eigenvalue weighted by molar-refractivity contribution is 5.82. The third-order valence-electron chi connectivity index (χ3n) is 4.58. The highest BCUT2D eigenvalue weighted by Gasteiger charge is 2.19. The van der Waals surface area contributed by atoms with Gasteiger partial charge in [-0.1, -0.05) is 54.6 Å². The van der Waals surface area contributed by atoms with Gasteiger partial charge in [0.2, 0.25) is 0 Å². The molecular weight excluding hydrogens is 328 g/mol. The molecule has 2 aromatic rings. The van der Waals surface area contributed by atoms with E-state index in [0.29, 0.717) is 6.54 Å². The van der Waals surface area contributed by atoms with Crippen molar-refractivity contribution in [3.8, 4) is 0 Å². The van der Waals surface area contributed by atoms with E-state index in [-0.39, 0.29) is 5.91 Å². The van der Waals surface area contributed by atoms with Gasteiger partial charge >= 0.3 is 0 Å². The number of benzene rings is 2. The lowest BCUT2D eigenvalue weighted by Crippen LogP contribution is -2.35. The Kier molecular flexibility index (Phi) is 6.77. The fourth-order valence-corrected chi connectivity index (χ4v) is 3.08. The number of carbonyl (C=O) groups is 1. The van der Waals surface area contributed by atoms with E-state index < -0.39 is 6.10 Å². The molecule has 2 aromatic carbocycles. The van der Waals surface area contributed by atoms with Gasteiger partial charge in [0.25, 0.3) is 5.91 Å². The fourth-order valence-electron chi connectivity index (χ4n) is 3.08. The van der Waals surface area contributed by atoms with E-state index in [2.05, 4.69) is 34.5 Å². The highest BCUT2D eigenvalue weighted by atomic mass is 16.5. The fraction of sp³-hybridized carbons (Fsp3) is 0.381. The quantitative estimate of drug-likeness (QED) is 0.830. The molecule has 26 heavy (non-hydrogen) atoms. The lowest BCUT2D eigenvalue weighted by atomic mass is 10.1. The van der Waals surface area contributed by atoms with Gasteiger partial charge in [0.15, 0.2) is 6.10 Å². The maximum absolute atomic E-state index is 12.4. The zero-order chi connectivity index (χ0) is 18.2. The van der Waals surface area contributed by atoms with E-state index in [0.717, 1.165) is 44.0 Å². The minimum absolute atomic E-state index is 0.129. The van der Waals surface area contributed by atoms with E-state index in [1.165, 1.54) is 5.56 Å². The second-order valence-corrected chi connectivity index (χ2v) is 6.45. The predicted octanol–water partition coefficient (Wildman–Crippen LogP) is 2.52. The third-order valence-corrected chi connectivity index (χ3v) is 4.58. The topological polar surface area (TPSA) is 50.8 Å². The molecule has 138 valence electrons. The smallest absolute Gasteiger partial charge is 0.254 e. The molecule has 1 N–H and O–H groups in total. The van der Waals surface area contributed by atoms with Gasteiger partial charge in [-0.2, -0.15) is 0 Å². The Morgan fingerprint density at radius 3 is 2.38 bits per heavy atom. The summed E-state index contributed by atoms with van der Waals surface area (Å²) in [5.74, 6) is -0.129. The minimum Gasteiger partial charge on any atom is -0.379 e. The van der Waals surface area contributed by atoms with Crippen molar-refractivity contribution in [2.24, 2.45) is 0 Å². The molecule has 1 saturated heterocycles. The van der Waals surface area contributed by atoms with Gasteiger partial charge in [-0.15, -0.1) is 0 Å². The molecule has 1 unspecified atom stereocenters. The molecule has 0 bridgehead atoms. The van der Waals surface area contributed by atoms with Gasteiger partial charge in [-0.05, 0) is 16.7 Å². The van der Waals surface area contributed by atoms with Crippen LogP contribution in [0.2, 0.25) is 0 Å². The number of carbonyl (C=O) groups excluding carboxylic acids is 1. The standard InChI is InChI=1S/C21H26N2O3/c1-25-20(19-5-3-2-4-6-19)21(24)22-15-17-7-9-18(10-8-17)16-23-11-13-26-14-12-23/h2-10,20H,11-16H2,1H3,(H,22,24). The maximum atomic E-state index is 12.4. The van der Waals surface area contributed by atoms with Gasteiger partial charge < -0.3 is 14.8 Å². The van der Waals surface area contributed by atoms with E-state index in [1.54, 1.807) is 7.11 Å². The van der Waals surface area contributed by atoms with Crippen LogP contribution in [0.25, 0.3) is 0 Å². The van der Waals surface area contributed by atoms with Crippen molar-refractivity contribution in [2.45, 2.75) is 19.2 Å². The molecule has 1 fully saturated rings. The number of methoxy groups -OCH3 is 1. The van der Waals surface area contributed by atoms with Crippen molar-refractivity contribution >= 4 is 5.91 Å². The van der Waals surface area contributed by atoms with Gasteiger partial charge in [-0.3, -0.25) is 9.69 Å². The molecule has 0 spiro atoms. The van der Waals surface area contributed by atoms with Gasteiger partial charge in [0, 0.05) is 33.3 Å². The zero-order valence-electron chi connectivity index (χ0n) is 15.2. The Hall–Kier alpha value is -2.21. The Bertz CT molecular complexity index is 682.